The molecule has 1 fully saturated rings. The molecule has 0 amide bonds. The van der Waals surface area contributed by atoms with Crippen LogP contribution in [0, 0.1) is 0 Å². The zero-order valence-electron chi connectivity index (χ0n) is 15.9. The largest absolute Gasteiger partial charge is 0.490 e. The average molecular weight is 374 g/mol. The van der Waals surface area contributed by atoms with E-state index in [0.717, 1.165) is 31.2 Å². The van der Waals surface area contributed by atoms with Gasteiger partial charge in [0.15, 0.2) is 18.0 Å². The number of benzene rings is 1. The molecule has 0 atom stereocenters. The quantitative estimate of drug-likeness (QED) is 0.656. The van der Waals surface area contributed by atoms with Crippen LogP contribution in [-0.4, -0.2) is 45.5 Å². The number of ether oxygens (including phenoxy) is 3. The highest BCUT2D eigenvalue weighted by atomic mass is 16.5. The normalized spacial score (nSPS) is 14.7. The van der Waals surface area contributed by atoms with Gasteiger partial charge in [0.25, 0.3) is 0 Å². The lowest BCUT2D eigenvalue weighted by atomic mass is 9.98. The predicted molar refractivity (Wildman–Crippen MR) is 98.6 cm³/mol. The van der Waals surface area contributed by atoms with Crippen LogP contribution in [0.3, 0.4) is 0 Å². The summed E-state index contributed by atoms with van der Waals surface area (Å²) >= 11 is 0. The summed E-state index contributed by atoms with van der Waals surface area (Å²) in [6, 6.07) is 5.48. The molecule has 1 aliphatic rings. The van der Waals surface area contributed by atoms with Crippen LogP contribution in [0.1, 0.15) is 46.0 Å². The highest BCUT2D eigenvalue weighted by molar-refractivity contribution is 5.69. The Bertz CT molecular complexity index is 756. The van der Waals surface area contributed by atoms with Gasteiger partial charge in [0.05, 0.1) is 13.2 Å². The summed E-state index contributed by atoms with van der Waals surface area (Å²) in [6.45, 7) is 4.87. The molecule has 1 aliphatic carbocycles. The number of rotatable bonds is 8. The van der Waals surface area contributed by atoms with Crippen LogP contribution >= 0.6 is 0 Å². The van der Waals surface area contributed by atoms with Gasteiger partial charge < -0.3 is 14.2 Å². The lowest BCUT2D eigenvalue weighted by molar-refractivity contribution is -0.151. The Balaban J connectivity index is 1.65. The van der Waals surface area contributed by atoms with Crippen molar-refractivity contribution in [1.82, 2.24) is 20.2 Å². The third-order valence-corrected chi connectivity index (χ3v) is 4.38. The Kier molecular flexibility index (Phi) is 6.62. The molecule has 146 valence electrons. The van der Waals surface area contributed by atoms with Crippen molar-refractivity contribution in [3.8, 4) is 22.9 Å². The van der Waals surface area contributed by atoms with E-state index in [-0.39, 0.29) is 18.6 Å². The Hall–Kier alpha value is -2.64. The fourth-order valence-electron chi connectivity index (χ4n) is 3.14. The third-order valence-electron chi connectivity index (χ3n) is 4.38. The first-order valence-electron chi connectivity index (χ1n) is 9.57. The van der Waals surface area contributed by atoms with Crippen LogP contribution in [0.25, 0.3) is 11.4 Å². The summed E-state index contributed by atoms with van der Waals surface area (Å²) < 4.78 is 16.7. The zero-order valence-corrected chi connectivity index (χ0v) is 15.9. The molecule has 8 nitrogen and oxygen atoms in total. The average Bonchev–Trinajstić information content (AvgIpc) is 3.12. The molecule has 8 heteroatoms. The van der Waals surface area contributed by atoms with Gasteiger partial charge in [-0.05, 0) is 62.9 Å². The van der Waals surface area contributed by atoms with Crippen LogP contribution < -0.4 is 9.47 Å². The van der Waals surface area contributed by atoms with Crippen molar-refractivity contribution in [1.29, 1.82) is 0 Å². The number of carbonyl (C=O) groups excluding carboxylic acids is 1. The monoisotopic (exact) mass is 374 g/mol. The molecule has 0 N–H and O–H groups in total. The van der Waals surface area contributed by atoms with Crippen LogP contribution in [-0.2, 0) is 16.1 Å². The van der Waals surface area contributed by atoms with E-state index in [1.165, 1.54) is 11.2 Å². The minimum absolute atomic E-state index is 0.0223. The van der Waals surface area contributed by atoms with Gasteiger partial charge in [0.2, 0.25) is 5.82 Å². The van der Waals surface area contributed by atoms with Crippen molar-refractivity contribution in [2.75, 3.05) is 13.2 Å². The Morgan fingerprint density at radius 2 is 1.85 bits per heavy atom. The second kappa shape index (κ2) is 9.34. The maximum Gasteiger partial charge on any atom is 0.330 e. The molecule has 0 spiro atoms. The van der Waals surface area contributed by atoms with Crippen LogP contribution in [0.2, 0.25) is 0 Å². The van der Waals surface area contributed by atoms with E-state index in [2.05, 4.69) is 15.4 Å². The summed E-state index contributed by atoms with van der Waals surface area (Å²) in [6.07, 6.45) is 5.35. The summed E-state index contributed by atoms with van der Waals surface area (Å²) in [5.41, 5.74) is 0.744. The minimum atomic E-state index is -0.326. The van der Waals surface area contributed by atoms with Crippen molar-refractivity contribution in [2.45, 2.75) is 58.6 Å². The third kappa shape index (κ3) is 5.18. The van der Waals surface area contributed by atoms with E-state index in [1.54, 1.807) is 0 Å². The van der Waals surface area contributed by atoms with Crippen LogP contribution in [0.4, 0.5) is 0 Å². The van der Waals surface area contributed by atoms with Gasteiger partial charge in [-0.1, -0.05) is 6.42 Å². The molecule has 0 unspecified atom stereocenters. The Labute approximate surface area is 158 Å². The molecular weight excluding hydrogens is 348 g/mol. The van der Waals surface area contributed by atoms with Crippen molar-refractivity contribution < 1.29 is 19.0 Å². The smallest absolute Gasteiger partial charge is 0.330 e. The van der Waals surface area contributed by atoms with Gasteiger partial charge >= 0.3 is 5.97 Å². The number of esters is 1. The van der Waals surface area contributed by atoms with Crippen molar-refractivity contribution in [2.24, 2.45) is 0 Å². The number of hydrogen-bond acceptors (Lipinski definition) is 7. The highest BCUT2D eigenvalue weighted by Crippen LogP contribution is 2.31. The van der Waals surface area contributed by atoms with Gasteiger partial charge in [-0.2, -0.15) is 4.80 Å². The topological polar surface area (TPSA) is 88.4 Å². The van der Waals surface area contributed by atoms with Gasteiger partial charge in [0.1, 0.15) is 6.10 Å². The highest BCUT2D eigenvalue weighted by Gasteiger charge is 2.19. The number of nitrogens with zero attached hydrogens (tertiary/aromatic N) is 4. The SMILES string of the molecule is CCOc1ccc(-c2nnn(CC(=O)OC3CCCCC3)n2)cc1OCC. The van der Waals surface area contributed by atoms with E-state index in [4.69, 9.17) is 14.2 Å². The number of tetrazole rings is 1. The van der Waals surface area contributed by atoms with Crippen molar-refractivity contribution in [3.05, 3.63) is 18.2 Å². The minimum Gasteiger partial charge on any atom is -0.490 e. The molecular formula is C19H26N4O4. The molecule has 1 saturated carbocycles. The number of carbonyl (C=O) groups is 1. The lowest BCUT2D eigenvalue weighted by Crippen LogP contribution is -2.24. The van der Waals surface area contributed by atoms with E-state index in [0.29, 0.717) is 30.5 Å². The second-order valence-corrected chi connectivity index (χ2v) is 6.42. The maximum atomic E-state index is 12.1. The van der Waals surface area contributed by atoms with Crippen molar-refractivity contribution >= 4 is 5.97 Å². The standard InChI is InChI=1S/C19H26N4O4/c1-3-25-16-11-10-14(12-17(16)26-4-2)19-20-22-23(21-19)13-18(24)27-15-8-6-5-7-9-15/h10-12,15H,3-9,13H2,1-2H3. The Morgan fingerprint density at radius 1 is 1.11 bits per heavy atom. The Morgan fingerprint density at radius 3 is 2.59 bits per heavy atom. The van der Waals surface area contributed by atoms with Gasteiger partial charge in [0, 0.05) is 5.56 Å². The number of aromatic nitrogens is 4. The lowest BCUT2D eigenvalue weighted by Gasteiger charge is -2.21. The van der Waals surface area contributed by atoms with Gasteiger partial charge in [-0.15, -0.1) is 10.2 Å². The first kappa shape index (κ1) is 19.1. The van der Waals surface area contributed by atoms with Gasteiger partial charge in [-0.3, -0.25) is 0 Å². The zero-order chi connectivity index (χ0) is 19.1. The van der Waals surface area contributed by atoms with Crippen LogP contribution in [0.5, 0.6) is 11.5 Å². The van der Waals surface area contributed by atoms with Crippen LogP contribution in [0.15, 0.2) is 18.2 Å². The molecule has 0 aliphatic heterocycles. The second-order valence-electron chi connectivity index (χ2n) is 6.42. The molecule has 0 saturated heterocycles. The molecule has 3 rings (SSSR count). The molecule has 0 bridgehead atoms. The summed E-state index contributed by atoms with van der Waals surface area (Å²) in [5.74, 6) is 1.40. The molecule has 1 heterocycles. The number of hydrogen-bond donors (Lipinski definition) is 0. The van der Waals surface area contributed by atoms with E-state index in [1.807, 2.05) is 32.0 Å². The fraction of sp³-hybridized carbons (Fsp3) is 0.579. The maximum absolute atomic E-state index is 12.1. The van der Waals surface area contributed by atoms with E-state index in [9.17, 15) is 4.79 Å². The van der Waals surface area contributed by atoms with E-state index < -0.39 is 0 Å². The van der Waals surface area contributed by atoms with E-state index >= 15 is 0 Å². The summed E-state index contributed by atoms with van der Waals surface area (Å²) in [4.78, 5) is 13.4. The molecule has 1 aromatic heterocycles. The fourth-order valence-corrected chi connectivity index (χ4v) is 3.14. The molecule has 1 aromatic carbocycles. The first-order valence-corrected chi connectivity index (χ1v) is 9.57. The molecule has 2 aromatic rings. The predicted octanol–water partition coefficient (Wildman–Crippen LogP) is 3.01. The summed E-state index contributed by atoms with van der Waals surface area (Å²) in [5, 5.41) is 12.3. The van der Waals surface area contributed by atoms with Gasteiger partial charge in [-0.25, -0.2) is 4.79 Å². The molecule has 27 heavy (non-hydrogen) atoms. The van der Waals surface area contributed by atoms with Crippen molar-refractivity contribution in [3.63, 3.8) is 0 Å². The summed E-state index contributed by atoms with van der Waals surface area (Å²) in [7, 11) is 0. The molecule has 0 radical (unpaired) electrons. The first-order chi connectivity index (χ1) is 13.2.